The predicted molar refractivity (Wildman–Crippen MR) is 76.5 cm³/mol. The van der Waals surface area contributed by atoms with Gasteiger partial charge in [0.05, 0.1) is 6.20 Å². The molecule has 1 amide bonds. The fourth-order valence-electron chi connectivity index (χ4n) is 2.98. The molecule has 4 nitrogen and oxygen atoms in total. The van der Waals surface area contributed by atoms with E-state index in [4.69, 9.17) is 5.73 Å². The van der Waals surface area contributed by atoms with Crippen molar-refractivity contribution in [1.82, 2.24) is 4.98 Å². The van der Waals surface area contributed by atoms with Gasteiger partial charge >= 0.3 is 0 Å². The van der Waals surface area contributed by atoms with Crippen LogP contribution in [0.3, 0.4) is 0 Å². The predicted octanol–water partition coefficient (Wildman–Crippen LogP) is 2.56. The van der Waals surface area contributed by atoms with Crippen LogP contribution in [0.2, 0.25) is 0 Å². The van der Waals surface area contributed by atoms with Crippen molar-refractivity contribution in [2.45, 2.75) is 39.7 Å². The van der Waals surface area contributed by atoms with Crippen LogP contribution >= 0.6 is 0 Å². The number of anilines is 1. The average molecular weight is 279 g/mol. The summed E-state index contributed by atoms with van der Waals surface area (Å²) < 4.78 is 12.8. The van der Waals surface area contributed by atoms with Crippen LogP contribution in [0.4, 0.5) is 10.2 Å². The van der Waals surface area contributed by atoms with Crippen molar-refractivity contribution in [3.63, 3.8) is 0 Å². The van der Waals surface area contributed by atoms with Crippen LogP contribution in [-0.2, 0) is 4.79 Å². The number of nitrogens with two attached hydrogens (primary N) is 1. The maximum atomic E-state index is 12.8. The van der Waals surface area contributed by atoms with E-state index in [-0.39, 0.29) is 29.2 Å². The van der Waals surface area contributed by atoms with Crippen molar-refractivity contribution in [1.29, 1.82) is 0 Å². The van der Waals surface area contributed by atoms with Gasteiger partial charge in [0.1, 0.15) is 11.6 Å². The van der Waals surface area contributed by atoms with Gasteiger partial charge in [0.2, 0.25) is 5.91 Å². The highest BCUT2D eigenvalue weighted by Crippen LogP contribution is 2.44. The van der Waals surface area contributed by atoms with Crippen molar-refractivity contribution in [2.75, 3.05) is 5.32 Å². The van der Waals surface area contributed by atoms with Gasteiger partial charge in [-0.15, -0.1) is 0 Å². The molecule has 1 saturated carbocycles. The minimum Gasteiger partial charge on any atom is -0.327 e. The van der Waals surface area contributed by atoms with Gasteiger partial charge in [-0.25, -0.2) is 9.37 Å². The molecule has 0 aromatic carbocycles. The van der Waals surface area contributed by atoms with Gasteiger partial charge in [-0.1, -0.05) is 20.8 Å². The quantitative estimate of drug-likeness (QED) is 0.874. The van der Waals surface area contributed by atoms with Gasteiger partial charge in [-0.3, -0.25) is 4.79 Å². The molecular weight excluding hydrogens is 257 g/mol. The van der Waals surface area contributed by atoms with E-state index >= 15 is 0 Å². The average Bonchev–Trinajstić information content (AvgIpc) is 2.38. The molecule has 0 radical (unpaired) electrons. The largest absolute Gasteiger partial charge is 0.327 e. The molecule has 0 aliphatic heterocycles. The lowest BCUT2D eigenvalue weighted by Crippen LogP contribution is -2.50. The molecule has 1 fully saturated rings. The number of hydrogen-bond acceptors (Lipinski definition) is 3. The van der Waals surface area contributed by atoms with Gasteiger partial charge in [-0.05, 0) is 36.3 Å². The van der Waals surface area contributed by atoms with Crippen molar-refractivity contribution in [3.8, 4) is 0 Å². The van der Waals surface area contributed by atoms with Crippen LogP contribution in [0.1, 0.15) is 33.6 Å². The zero-order chi connectivity index (χ0) is 14.9. The Bertz CT molecular complexity index is 486. The molecule has 110 valence electrons. The highest BCUT2D eigenvalue weighted by Gasteiger charge is 2.45. The third-order valence-electron chi connectivity index (χ3n) is 4.80. The minimum atomic E-state index is -0.416. The second kappa shape index (κ2) is 5.48. The Morgan fingerprint density at radius 3 is 2.75 bits per heavy atom. The van der Waals surface area contributed by atoms with Crippen molar-refractivity contribution in [3.05, 3.63) is 24.1 Å². The SMILES string of the molecule is CC1C(N)CCC(C(=O)Nc2ccc(F)cn2)C1(C)C. The van der Waals surface area contributed by atoms with E-state index in [2.05, 4.69) is 31.1 Å². The highest BCUT2D eigenvalue weighted by atomic mass is 19.1. The first-order valence-corrected chi connectivity index (χ1v) is 7.00. The molecule has 2 rings (SSSR count). The van der Waals surface area contributed by atoms with E-state index < -0.39 is 5.82 Å². The van der Waals surface area contributed by atoms with Gasteiger partial charge in [0, 0.05) is 12.0 Å². The van der Waals surface area contributed by atoms with E-state index in [0.29, 0.717) is 5.82 Å². The molecule has 1 aromatic heterocycles. The number of nitrogens with one attached hydrogen (secondary N) is 1. The third kappa shape index (κ3) is 2.82. The number of rotatable bonds is 2. The second-order valence-corrected chi connectivity index (χ2v) is 6.25. The van der Waals surface area contributed by atoms with E-state index in [1.807, 2.05) is 0 Å². The second-order valence-electron chi connectivity index (χ2n) is 6.25. The lowest BCUT2D eigenvalue weighted by Gasteiger charge is -2.45. The van der Waals surface area contributed by atoms with Crippen LogP contribution in [0.15, 0.2) is 18.3 Å². The topological polar surface area (TPSA) is 68.0 Å². The molecule has 1 heterocycles. The molecule has 5 heteroatoms. The Morgan fingerprint density at radius 1 is 1.45 bits per heavy atom. The maximum absolute atomic E-state index is 12.8. The van der Waals surface area contributed by atoms with Crippen molar-refractivity contribution >= 4 is 11.7 Å². The molecule has 1 aliphatic carbocycles. The molecule has 0 saturated heterocycles. The lowest BCUT2D eigenvalue weighted by molar-refractivity contribution is -0.127. The Morgan fingerprint density at radius 2 is 2.15 bits per heavy atom. The number of amides is 1. The summed E-state index contributed by atoms with van der Waals surface area (Å²) in [6.07, 6.45) is 2.71. The number of hydrogen-bond donors (Lipinski definition) is 2. The normalized spacial score (nSPS) is 28.9. The number of aromatic nitrogens is 1. The van der Waals surface area contributed by atoms with Crippen LogP contribution < -0.4 is 11.1 Å². The molecular formula is C15H22FN3O. The fourth-order valence-corrected chi connectivity index (χ4v) is 2.98. The monoisotopic (exact) mass is 279 g/mol. The first kappa shape index (κ1) is 14.9. The van der Waals surface area contributed by atoms with E-state index in [9.17, 15) is 9.18 Å². The number of carbonyl (C=O) groups excluding carboxylic acids is 1. The summed E-state index contributed by atoms with van der Waals surface area (Å²) in [4.78, 5) is 16.3. The van der Waals surface area contributed by atoms with E-state index in [1.54, 1.807) is 0 Å². The summed E-state index contributed by atoms with van der Waals surface area (Å²) >= 11 is 0. The summed E-state index contributed by atoms with van der Waals surface area (Å²) in [6, 6.07) is 2.89. The maximum Gasteiger partial charge on any atom is 0.229 e. The van der Waals surface area contributed by atoms with Crippen LogP contribution in [0.5, 0.6) is 0 Å². The number of carbonyl (C=O) groups is 1. The first-order valence-electron chi connectivity index (χ1n) is 7.00. The zero-order valence-corrected chi connectivity index (χ0v) is 12.2. The molecule has 3 atom stereocenters. The summed E-state index contributed by atoms with van der Waals surface area (Å²) in [5.74, 6) is 0.0699. The fraction of sp³-hybridized carbons (Fsp3) is 0.600. The van der Waals surface area contributed by atoms with Crippen LogP contribution in [0.25, 0.3) is 0 Å². The Balaban J connectivity index is 2.10. The molecule has 20 heavy (non-hydrogen) atoms. The van der Waals surface area contributed by atoms with Gasteiger partial charge in [0.15, 0.2) is 0 Å². The van der Waals surface area contributed by atoms with E-state index in [1.165, 1.54) is 12.1 Å². The number of pyridine rings is 1. The highest BCUT2D eigenvalue weighted by molar-refractivity contribution is 5.92. The Labute approximate surface area is 119 Å². The van der Waals surface area contributed by atoms with Crippen molar-refractivity contribution < 1.29 is 9.18 Å². The molecule has 0 bridgehead atoms. The van der Waals surface area contributed by atoms with Crippen LogP contribution in [-0.4, -0.2) is 16.9 Å². The smallest absolute Gasteiger partial charge is 0.229 e. The molecule has 3 unspecified atom stereocenters. The molecule has 3 N–H and O–H groups in total. The summed E-state index contributed by atoms with van der Waals surface area (Å²) in [5.41, 5.74) is 5.93. The van der Waals surface area contributed by atoms with Crippen LogP contribution in [0, 0.1) is 23.1 Å². The Hall–Kier alpha value is -1.49. The summed E-state index contributed by atoms with van der Waals surface area (Å²) in [7, 11) is 0. The minimum absolute atomic E-state index is 0.0622. The molecule has 1 aliphatic rings. The lowest BCUT2D eigenvalue weighted by atomic mass is 9.61. The van der Waals surface area contributed by atoms with E-state index in [0.717, 1.165) is 19.0 Å². The summed E-state index contributed by atoms with van der Waals surface area (Å²) in [6.45, 7) is 6.26. The third-order valence-corrected chi connectivity index (χ3v) is 4.80. The first-order chi connectivity index (χ1) is 9.32. The van der Waals surface area contributed by atoms with Gasteiger partial charge in [0.25, 0.3) is 0 Å². The zero-order valence-electron chi connectivity index (χ0n) is 12.2. The van der Waals surface area contributed by atoms with Crippen molar-refractivity contribution in [2.24, 2.45) is 23.0 Å². The molecule has 1 aromatic rings. The standard InChI is InChI=1S/C15H22FN3O/c1-9-12(17)6-5-11(15(9,2)3)14(20)19-13-7-4-10(16)8-18-13/h4,7-9,11-12H,5-6,17H2,1-3H3,(H,18,19,20). The summed E-state index contributed by atoms with van der Waals surface area (Å²) in [5, 5.41) is 2.77. The number of halogens is 1. The number of nitrogens with zero attached hydrogens (tertiary/aromatic N) is 1. The van der Waals surface area contributed by atoms with Gasteiger partial charge < -0.3 is 11.1 Å². The van der Waals surface area contributed by atoms with Gasteiger partial charge in [-0.2, -0.15) is 0 Å². The molecule has 0 spiro atoms. The Kier molecular flexibility index (Phi) is 4.09.